The Morgan fingerprint density at radius 3 is 2.35 bits per heavy atom. The van der Waals surface area contributed by atoms with Crippen LogP contribution in [0.25, 0.3) is 0 Å². The summed E-state index contributed by atoms with van der Waals surface area (Å²) in [6.45, 7) is 5.15. The van der Waals surface area contributed by atoms with E-state index in [1.54, 1.807) is 7.11 Å². The minimum absolute atomic E-state index is 0.264. The molecule has 0 amide bonds. The largest absolute Gasteiger partial charge is 0.496 e. The molecular formula is C13H21ClN2O. The van der Waals surface area contributed by atoms with Gasteiger partial charge in [0.25, 0.3) is 0 Å². The molecule has 0 aliphatic rings. The van der Waals surface area contributed by atoms with E-state index in [4.69, 9.17) is 27.8 Å². The summed E-state index contributed by atoms with van der Waals surface area (Å²) in [6.07, 6.45) is 0.809. The van der Waals surface area contributed by atoms with Gasteiger partial charge in [0.15, 0.2) is 0 Å². The first-order chi connectivity index (χ1) is 8.04. The van der Waals surface area contributed by atoms with Gasteiger partial charge in [0.2, 0.25) is 0 Å². The highest BCUT2D eigenvalue weighted by molar-refractivity contribution is 6.31. The predicted octanol–water partition coefficient (Wildman–Crippen LogP) is 2.04. The number of halogens is 1. The zero-order valence-corrected chi connectivity index (χ0v) is 11.5. The molecule has 0 spiro atoms. The fourth-order valence-electron chi connectivity index (χ4n) is 2.00. The number of nitrogens with two attached hydrogens (primary N) is 2. The molecule has 0 radical (unpaired) electrons. The van der Waals surface area contributed by atoms with Crippen molar-refractivity contribution >= 4 is 11.6 Å². The van der Waals surface area contributed by atoms with Crippen LogP contribution in [-0.2, 0) is 6.42 Å². The van der Waals surface area contributed by atoms with Gasteiger partial charge in [0, 0.05) is 5.02 Å². The third-order valence-electron chi connectivity index (χ3n) is 3.15. The SMILES string of the molecule is COc1c(C)cc(Cl)c(C)c1CC(CN)CN. The van der Waals surface area contributed by atoms with E-state index in [0.717, 1.165) is 33.9 Å². The Kier molecular flexibility index (Phi) is 5.25. The molecule has 4 heteroatoms. The van der Waals surface area contributed by atoms with Gasteiger partial charge < -0.3 is 16.2 Å². The second-order valence-electron chi connectivity index (χ2n) is 4.35. The fraction of sp³-hybridized carbons (Fsp3) is 0.538. The molecule has 1 aromatic rings. The Hall–Kier alpha value is -0.770. The second-order valence-corrected chi connectivity index (χ2v) is 4.76. The molecule has 1 aromatic carbocycles. The molecular weight excluding hydrogens is 236 g/mol. The molecule has 0 fully saturated rings. The van der Waals surface area contributed by atoms with Crippen molar-refractivity contribution in [1.82, 2.24) is 0 Å². The Labute approximate surface area is 108 Å². The zero-order valence-electron chi connectivity index (χ0n) is 10.7. The van der Waals surface area contributed by atoms with Crippen LogP contribution < -0.4 is 16.2 Å². The predicted molar refractivity (Wildman–Crippen MR) is 72.8 cm³/mol. The van der Waals surface area contributed by atoms with E-state index in [9.17, 15) is 0 Å². The molecule has 0 saturated carbocycles. The third kappa shape index (κ3) is 3.12. The zero-order chi connectivity index (χ0) is 13.0. The number of hydrogen-bond acceptors (Lipinski definition) is 3. The first kappa shape index (κ1) is 14.3. The number of rotatable bonds is 5. The van der Waals surface area contributed by atoms with E-state index in [0.29, 0.717) is 13.1 Å². The molecule has 4 N–H and O–H groups in total. The van der Waals surface area contributed by atoms with Gasteiger partial charge in [-0.25, -0.2) is 0 Å². The van der Waals surface area contributed by atoms with Crippen molar-refractivity contribution in [2.24, 2.45) is 17.4 Å². The average molecular weight is 257 g/mol. The number of aryl methyl sites for hydroxylation is 1. The minimum Gasteiger partial charge on any atom is -0.496 e. The number of benzene rings is 1. The van der Waals surface area contributed by atoms with E-state index in [1.165, 1.54) is 0 Å². The van der Waals surface area contributed by atoms with Gasteiger partial charge in [-0.2, -0.15) is 0 Å². The van der Waals surface area contributed by atoms with E-state index >= 15 is 0 Å². The summed E-state index contributed by atoms with van der Waals surface area (Å²) in [4.78, 5) is 0. The van der Waals surface area contributed by atoms with Crippen LogP contribution in [-0.4, -0.2) is 20.2 Å². The monoisotopic (exact) mass is 256 g/mol. The molecule has 0 heterocycles. The van der Waals surface area contributed by atoms with Gasteiger partial charge in [-0.3, -0.25) is 0 Å². The lowest BCUT2D eigenvalue weighted by Gasteiger charge is -2.19. The summed E-state index contributed by atoms with van der Waals surface area (Å²) in [6, 6.07) is 1.93. The number of hydrogen-bond donors (Lipinski definition) is 2. The van der Waals surface area contributed by atoms with Crippen molar-refractivity contribution in [3.8, 4) is 5.75 Å². The topological polar surface area (TPSA) is 61.3 Å². The fourth-order valence-corrected chi connectivity index (χ4v) is 2.28. The lowest BCUT2D eigenvalue weighted by Crippen LogP contribution is -2.25. The summed E-state index contributed by atoms with van der Waals surface area (Å²) in [5, 5.41) is 0.770. The van der Waals surface area contributed by atoms with Crippen LogP contribution in [0.4, 0.5) is 0 Å². The van der Waals surface area contributed by atoms with Gasteiger partial charge >= 0.3 is 0 Å². The van der Waals surface area contributed by atoms with Crippen LogP contribution in [0.3, 0.4) is 0 Å². The Morgan fingerprint density at radius 2 is 1.88 bits per heavy atom. The summed E-state index contributed by atoms with van der Waals surface area (Å²) >= 11 is 6.20. The molecule has 1 rings (SSSR count). The summed E-state index contributed by atoms with van der Waals surface area (Å²) < 4.78 is 5.46. The van der Waals surface area contributed by atoms with E-state index in [-0.39, 0.29) is 5.92 Å². The van der Waals surface area contributed by atoms with E-state index in [1.807, 2.05) is 19.9 Å². The minimum atomic E-state index is 0.264. The van der Waals surface area contributed by atoms with Crippen molar-refractivity contribution in [2.75, 3.05) is 20.2 Å². The lowest BCUT2D eigenvalue weighted by molar-refractivity contribution is 0.401. The van der Waals surface area contributed by atoms with Gasteiger partial charge in [0.1, 0.15) is 5.75 Å². The van der Waals surface area contributed by atoms with Crippen LogP contribution in [0.2, 0.25) is 5.02 Å². The van der Waals surface area contributed by atoms with Gasteiger partial charge in [0.05, 0.1) is 7.11 Å². The van der Waals surface area contributed by atoms with Gasteiger partial charge in [-0.05, 0) is 62.0 Å². The van der Waals surface area contributed by atoms with E-state index < -0.39 is 0 Å². The van der Waals surface area contributed by atoms with Crippen LogP contribution in [0.5, 0.6) is 5.75 Å². The van der Waals surface area contributed by atoms with Crippen molar-refractivity contribution in [3.63, 3.8) is 0 Å². The Bertz CT molecular complexity index is 389. The maximum absolute atomic E-state index is 6.20. The summed E-state index contributed by atoms with van der Waals surface area (Å²) in [7, 11) is 1.68. The van der Waals surface area contributed by atoms with Crippen LogP contribution in [0.15, 0.2) is 6.07 Å². The molecule has 0 aliphatic heterocycles. The van der Waals surface area contributed by atoms with Crippen molar-refractivity contribution in [1.29, 1.82) is 0 Å². The van der Waals surface area contributed by atoms with E-state index in [2.05, 4.69) is 0 Å². The normalized spacial score (nSPS) is 11.0. The first-order valence-corrected chi connectivity index (χ1v) is 6.15. The lowest BCUT2D eigenvalue weighted by atomic mass is 9.93. The standard InChI is InChI=1S/C13H21ClN2O/c1-8-4-12(14)9(2)11(13(8)17-3)5-10(6-15)7-16/h4,10H,5-7,15-16H2,1-3H3. The second kappa shape index (κ2) is 6.24. The number of methoxy groups -OCH3 is 1. The maximum atomic E-state index is 6.20. The van der Waals surface area contributed by atoms with Crippen molar-refractivity contribution in [3.05, 3.63) is 27.8 Å². The smallest absolute Gasteiger partial charge is 0.125 e. The van der Waals surface area contributed by atoms with Gasteiger partial charge in [-0.1, -0.05) is 11.6 Å². The molecule has 96 valence electrons. The Morgan fingerprint density at radius 1 is 1.29 bits per heavy atom. The molecule has 0 aromatic heterocycles. The molecule has 0 aliphatic carbocycles. The molecule has 3 nitrogen and oxygen atoms in total. The third-order valence-corrected chi connectivity index (χ3v) is 3.54. The molecule has 0 bridgehead atoms. The van der Waals surface area contributed by atoms with Crippen molar-refractivity contribution < 1.29 is 4.74 Å². The van der Waals surface area contributed by atoms with Gasteiger partial charge in [-0.15, -0.1) is 0 Å². The first-order valence-electron chi connectivity index (χ1n) is 5.77. The number of ether oxygens (including phenoxy) is 1. The van der Waals surface area contributed by atoms with Crippen LogP contribution in [0, 0.1) is 19.8 Å². The Balaban J connectivity index is 3.19. The maximum Gasteiger partial charge on any atom is 0.125 e. The van der Waals surface area contributed by atoms with Crippen LogP contribution in [0.1, 0.15) is 16.7 Å². The van der Waals surface area contributed by atoms with Crippen LogP contribution >= 0.6 is 11.6 Å². The molecule has 17 heavy (non-hydrogen) atoms. The summed E-state index contributed by atoms with van der Waals surface area (Å²) in [5.74, 6) is 1.17. The molecule has 0 saturated heterocycles. The van der Waals surface area contributed by atoms with Crippen molar-refractivity contribution in [2.45, 2.75) is 20.3 Å². The highest BCUT2D eigenvalue weighted by Gasteiger charge is 2.16. The molecule has 0 atom stereocenters. The highest BCUT2D eigenvalue weighted by Crippen LogP contribution is 2.33. The average Bonchev–Trinajstić information content (AvgIpc) is 2.32. The molecule has 0 unspecified atom stereocenters. The quantitative estimate of drug-likeness (QED) is 0.848. The summed E-state index contributed by atoms with van der Waals surface area (Å²) in [5.41, 5.74) is 14.6. The highest BCUT2D eigenvalue weighted by atomic mass is 35.5.